The summed E-state index contributed by atoms with van der Waals surface area (Å²) in [5.74, 6) is 0.102. The van der Waals surface area contributed by atoms with Crippen molar-refractivity contribution >= 4 is 28.5 Å². The Balaban J connectivity index is 1.56. The quantitative estimate of drug-likeness (QED) is 0.496. The first kappa shape index (κ1) is 23.5. The van der Waals surface area contributed by atoms with Gasteiger partial charge in [-0.15, -0.1) is 0 Å². The zero-order valence-electron chi connectivity index (χ0n) is 19.5. The number of piperidine rings is 1. The number of carbonyl (C=O) groups is 1. The van der Waals surface area contributed by atoms with Crippen LogP contribution in [0.25, 0.3) is 11.0 Å². The van der Waals surface area contributed by atoms with Crippen molar-refractivity contribution in [1.29, 1.82) is 0 Å². The molecule has 174 valence electrons. The molecule has 1 fully saturated rings. The number of halogens is 1. The van der Waals surface area contributed by atoms with Crippen LogP contribution in [0.15, 0.2) is 51.7 Å². The molecule has 1 aliphatic rings. The number of hydrogen-bond donors (Lipinski definition) is 1. The second-order valence-electron chi connectivity index (χ2n) is 9.22. The Hall–Kier alpha value is -2.63. The predicted octanol–water partition coefficient (Wildman–Crippen LogP) is 5.84. The fourth-order valence-corrected chi connectivity index (χ4v) is 4.62. The zero-order valence-corrected chi connectivity index (χ0v) is 20.2. The normalized spacial score (nSPS) is 15.7. The Bertz CT molecular complexity index is 1190. The number of benzene rings is 2. The van der Waals surface area contributed by atoms with E-state index < -0.39 is 0 Å². The molecule has 2 aromatic carbocycles. The fourth-order valence-electron chi connectivity index (χ4n) is 4.46. The molecule has 0 radical (unpaired) electrons. The highest BCUT2D eigenvalue weighted by Gasteiger charge is 2.24. The minimum absolute atomic E-state index is 0.0155. The molecule has 0 spiro atoms. The van der Waals surface area contributed by atoms with Gasteiger partial charge >= 0.3 is 0 Å². The van der Waals surface area contributed by atoms with E-state index in [0.717, 1.165) is 31.5 Å². The first-order valence-corrected chi connectivity index (χ1v) is 12.1. The molecule has 1 amide bonds. The van der Waals surface area contributed by atoms with Gasteiger partial charge in [-0.25, -0.2) is 0 Å². The number of likely N-dealkylation sites (tertiary alicyclic amines) is 1. The lowest BCUT2D eigenvalue weighted by Gasteiger charge is -2.35. The first-order chi connectivity index (χ1) is 15.8. The Morgan fingerprint density at radius 2 is 1.73 bits per heavy atom. The third-order valence-electron chi connectivity index (χ3n) is 6.51. The lowest BCUT2D eigenvalue weighted by molar-refractivity contribution is 0.0897. The van der Waals surface area contributed by atoms with Crippen molar-refractivity contribution in [2.75, 3.05) is 19.6 Å². The summed E-state index contributed by atoms with van der Waals surface area (Å²) in [6, 6.07) is 13.3. The smallest absolute Gasteiger partial charge is 0.287 e. The molecule has 1 aromatic heterocycles. The topological polar surface area (TPSA) is 62.6 Å². The molecule has 0 unspecified atom stereocenters. The van der Waals surface area contributed by atoms with Gasteiger partial charge in [-0.1, -0.05) is 56.1 Å². The van der Waals surface area contributed by atoms with Crippen LogP contribution < -0.4 is 10.7 Å². The Labute approximate surface area is 199 Å². The van der Waals surface area contributed by atoms with Crippen LogP contribution in [0.1, 0.15) is 72.3 Å². The predicted molar refractivity (Wildman–Crippen MR) is 133 cm³/mol. The van der Waals surface area contributed by atoms with E-state index in [9.17, 15) is 9.59 Å². The molecule has 1 N–H and O–H groups in total. The van der Waals surface area contributed by atoms with Crippen LogP contribution in [0.5, 0.6) is 0 Å². The van der Waals surface area contributed by atoms with E-state index >= 15 is 0 Å². The second kappa shape index (κ2) is 10.1. The summed E-state index contributed by atoms with van der Waals surface area (Å²) in [6.45, 7) is 8.67. The van der Waals surface area contributed by atoms with Gasteiger partial charge in [-0.2, -0.15) is 0 Å². The summed E-state index contributed by atoms with van der Waals surface area (Å²) in [5, 5.41) is 3.88. The molecule has 1 aliphatic heterocycles. The average molecular weight is 467 g/mol. The van der Waals surface area contributed by atoms with E-state index in [1.54, 1.807) is 12.1 Å². The fraction of sp³-hybridized carbons (Fsp3) is 0.407. The molecule has 0 aliphatic carbocycles. The van der Waals surface area contributed by atoms with Crippen LogP contribution in [-0.4, -0.2) is 30.4 Å². The standard InChI is InChI=1S/C27H31ClN2O3/c1-17(2)19-7-9-20(10-8-19)23(30-11-5-4-6-12-30)16-29-27(32)26-15-24(31)21-14-22(28)18(3)13-25(21)33-26/h7-10,13-15,17,23H,4-6,11-12,16H2,1-3H3,(H,29,32)/t23-/m0/s1. The largest absolute Gasteiger partial charge is 0.451 e. The highest BCUT2D eigenvalue weighted by molar-refractivity contribution is 6.32. The zero-order chi connectivity index (χ0) is 23.5. The molecular weight excluding hydrogens is 436 g/mol. The minimum atomic E-state index is -0.387. The lowest BCUT2D eigenvalue weighted by atomic mass is 9.97. The van der Waals surface area contributed by atoms with Gasteiger partial charge in [0.25, 0.3) is 5.91 Å². The van der Waals surface area contributed by atoms with Crippen LogP contribution in [0.4, 0.5) is 0 Å². The summed E-state index contributed by atoms with van der Waals surface area (Å²) in [4.78, 5) is 28.0. The Morgan fingerprint density at radius 1 is 1.06 bits per heavy atom. The number of fused-ring (bicyclic) bond motifs is 1. The molecule has 1 atom stereocenters. The molecule has 1 saturated heterocycles. The maximum absolute atomic E-state index is 13.0. The molecule has 33 heavy (non-hydrogen) atoms. The molecule has 0 bridgehead atoms. The van der Waals surface area contributed by atoms with Crippen LogP contribution in [0.3, 0.4) is 0 Å². The van der Waals surface area contributed by atoms with E-state index in [4.69, 9.17) is 16.0 Å². The van der Waals surface area contributed by atoms with Gasteiger partial charge in [0, 0.05) is 17.6 Å². The summed E-state index contributed by atoms with van der Waals surface area (Å²) >= 11 is 6.14. The van der Waals surface area contributed by atoms with E-state index in [0.29, 0.717) is 28.5 Å². The van der Waals surface area contributed by atoms with Gasteiger partial charge in [0.15, 0.2) is 11.2 Å². The van der Waals surface area contributed by atoms with Crippen LogP contribution in [0, 0.1) is 6.92 Å². The van der Waals surface area contributed by atoms with Gasteiger partial charge < -0.3 is 9.73 Å². The number of nitrogens with zero attached hydrogens (tertiary/aromatic N) is 1. The van der Waals surface area contributed by atoms with Gasteiger partial charge in [0.1, 0.15) is 5.58 Å². The maximum Gasteiger partial charge on any atom is 0.287 e. The van der Waals surface area contributed by atoms with Crippen molar-refractivity contribution in [2.45, 2.75) is 52.0 Å². The summed E-state index contributed by atoms with van der Waals surface area (Å²) < 4.78 is 5.78. The van der Waals surface area contributed by atoms with Crippen LogP contribution in [0.2, 0.25) is 5.02 Å². The molecule has 5 nitrogen and oxygen atoms in total. The van der Waals surface area contributed by atoms with Gasteiger partial charge in [-0.3, -0.25) is 14.5 Å². The van der Waals surface area contributed by atoms with Crippen molar-refractivity contribution in [2.24, 2.45) is 0 Å². The average Bonchev–Trinajstić information content (AvgIpc) is 2.81. The third kappa shape index (κ3) is 5.31. The number of nitrogens with one attached hydrogen (secondary N) is 1. The monoisotopic (exact) mass is 466 g/mol. The van der Waals surface area contributed by atoms with E-state index in [-0.39, 0.29) is 23.1 Å². The van der Waals surface area contributed by atoms with Crippen molar-refractivity contribution in [3.05, 3.63) is 80.2 Å². The van der Waals surface area contributed by atoms with Gasteiger partial charge in [0.05, 0.1) is 11.4 Å². The Kier molecular flexibility index (Phi) is 7.20. The van der Waals surface area contributed by atoms with Crippen molar-refractivity contribution in [3.8, 4) is 0 Å². The van der Waals surface area contributed by atoms with Gasteiger partial charge in [0.2, 0.25) is 0 Å². The molecule has 6 heteroatoms. The number of aryl methyl sites for hydroxylation is 1. The first-order valence-electron chi connectivity index (χ1n) is 11.7. The van der Waals surface area contributed by atoms with E-state index in [2.05, 4.69) is 48.3 Å². The lowest BCUT2D eigenvalue weighted by Crippen LogP contribution is -2.40. The van der Waals surface area contributed by atoms with E-state index in [1.807, 2.05) is 6.92 Å². The highest BCUT2D eigenvalue weighted by atomic mass is 35.5. The highest BCUT2D eigenvalue weighted by Crippen LogP contribution is 2.26. The molecule has 4 rings (SSSR count). The maximum atomic E-state index is 13.0. The van der Waals surface area contributed by atoms with E-state index in [1.165, 1.54) is 23.6 Å². The van der Waals surface area contributed by atoms with Gasteiger partial charge in [-0.05, 0) is 67.6 Å². The molecule has 0 saturated carbocycles. The van der Waals surface area contributed by atoms with Crippen molar-refractivity contribution in [3.63, 3.8) is 0 Å². The SMILES string of the molecule is Cc1cc2oc(C(=O)NC[C@@H](c3ccc(C(C)C)cc3)N3CCCCC3)cc(=O)c2cc1Cl. The summed E-state index contributed by atoms with van der Waals surface area (Å²) in [5.41, 5.74) is 3.37. The number of hydrogen-bond acceptors (Lipinski definition) is 4. The third-order valence-corrected chi connectivity index (χ3v) is 6.91. The van der Waals surface area contributed by atoms with Crippen LogP contribution in [-0.2, 0) is 0 Å². The summed E-state index contributed by atoms with van der Waals surface area (Å²) in [6.07, 6.45) is 3.57. The molecular formula is C27H31ClN2O3. The number of amides is 1. The summed E-state index contributed by atoms with van der Waals surface area (Å²) in [7, 11) is 0. The second-order valence-corrected chi connectivity index (χ2v) is 9.62. The minimum Gasteiger partial charge on any atom is -0.451 e. The van der Waals surface area contributed by atoms with Crippen LogP contribution >= 0.6 is 11.6 Å². The molecule has 3 aromatic rings. The van der Waals surface area contributed by atoms with Crippen molar-refractivity contribution < 1.29 is 9.21 Å². The Morgan fingerprint density at radius 3 is 2.39 bits per heavy atom. The molecule has 2 heterocycles. The number of carbonyl (C=O) groups excluding carboxylic acids is 1. The number of rotatable bonds is 6. The van der Waals surface area contributed by atoms with Crippen molar-refractivity contribution in [1.82, 2.24) is 10.2 Å².